The number of methoxy groups -OCH3 is 1. The summed E-state index contributed by atoms with van der Waals surface area (Å²) in [6.45, 7) is 2.03. The molecule has 0 fully saturated rings. The minimum atomic E-state index is -0.516. The first-order valence-corrected chi connectivity index (χ1v) is 6.28. The number of aliphatic hydroxyl groups excluding tert-OH is 1. The van der Waals surface area contributed by atoms with Crippen LogP contribution in [0, 0.1) is 6.92 Å². The lowest BCUT2D eigenvalue weighted by Gasteiger charge is -2.12. The topological polar surface area (TPSA) is 42.4 Å². The number of thiazole rings is 1. The van der Waals surface area contributed by atoms with Gasteiger partial charge in [0.25, 0.3) is 0 Å². The molecule has 0 saturated carbocycles. The average molecular weight is 249 g/mol. The van der Waals surface area contributed by atoms with Crippen LogP contribution in [-0.2, 0) is 6.42 Å². The Morgan fingerprint density at radius 3 is 2.94 bits per heavy atom. The van der Waals surface area contributed by atoms with Crippen LogP contribution in [0.1, 0.15) is 22.1 Å². The normalized spacial score (nSPS) is 12.4. The summed E-state index contributed by atoms with van der Waals surface area (Å²) in [5.74, 6) is 0.819. The zero-order valence-electron chi connectivity index (χ0n) is 9.88. The van der Waals surface area contributed by atoms with E-state index >= 15 is 0 Å². The first kappa shape index (κ1) is 12.1. The Bertz CT molecular complexity index is 482. The van der Waals surface area contributed by atoms with Crippen molar-refractivity contribution in [3.8, 4) is 5.75 Å². The largest absolute Gasteiger partial charge is 0.496 e. The molecule has 0 amide bonds. The van der Waals surface area contributed by atoms with Crippen LogP contribution in [0.3, 0.4) is 0 Å². The maximum absolute atomic E-state index is 10.1. The summed E-state index contributed by atoms with van der Waals surface area (Å²) in [6, 6.07) is 5.98. The van der Waals surface area contributed by atoms with Gasteiger partial charge < -0.3 is 9.84 Å². The third-order valence-electron chi connectivity index (χ3n) is 2.63. The van der Waals surface area contributed by atoms with Crippen molar-refractivity contribution in [3.05, 3.63) is 45.9 Å². The Labute approximate surface area is 105 Å². The van der Waals surface area contributed by atoms with E-state index in [4.69, 9.17) is 4.74 Å². The fourth-order valence-electron chi connectivity index (χ4n) is 1.77. The molecule has 2 aromatic rings. The quantitative estimate of drug-likeness (QED) is 0.906. The lowest BCUT2D eigenvalue weighted by atomic mass is 10.0. The SMILES string of the molecule is COc1ccc(C)cc1CC(O)c1cncs1. The molecule has 1 unspecified atom stereocenters. The standard InChI is InChI=1S/C13H15NO2S/c1-9-3-4-12(16-2)10(5-9)6-11(15)13-7-14-8-17-13/h3-5,7-8,11,15H,6H2,1-2H3. The minimum absolute atomic E-state index is 0.516. The van der Waals surface area contributed by atoms with Gasteiger partial charge in [-0.15, -0.1) is 11.3 Å². The van der Waals surface area contributed by atoms with E-state index in [1.807, 2.05) is 25.1 Å². The Morgan fingerprint density at radius 2 is 2.29 bits per heavy atom. The van der Waals surface area contributed by atoms with Gasteiger partial charge in [-0.25, -0.2) is 0 Å². The second-order valence-corrected chi connectivity index (χ2v) is 4.86. The molecule has 3 nitrogen and oxygen atoms in total. The molecule has 17 heavy (non-hydrogen) atoms. The molecule has 0 saturated heterocycles. The number of aryl methyl sites for hydroxylation is 1. The third-order valence-corrected chi connectivity index (χ3v) is 3.51. The molecular formula is C13H15NO2S. The molecule has 4 heteroatoms. The number of hydrogen-bond acceptors (Lipinski definition) is 4. The van der Waals surface area contributed by atoms with Crippen molar-refractivity contribution in [1.29, 1.82) is 0 Å². The lowest BCUT2D eigenvalue weighted by molar-refractivity contribution is 0.181. The highest BCUT2D eigenvalue weighted by Crippen LogP contribution is 2.27. The summed E-state index contributed by atoms with van der Waals surface area (Å²) < 4.78 is 5.30. The highest BCUT2D eigenvalue weighted by atomic mass is 32.1. The van der Waals surface area contributed by atoms with E-state index < -0.39 is 6.10 Å². The molecule has 2 rings (SSSR count). The number of aliphatic hydroxyl groups is 1. The van der Waals surface area contributed by atoms with Crippen LogP contribution in [0.15, 0.2) is 29.9 Å². The molecule has 1 N–H and O–H groups in total. The van der Waals surface area contributed by atoms with E-state index in [0.29, 0.717) is 6.42 Å². The lowest BCUT2D eigenvalue weighted by Crippen LogP contribution is -2.02. The van der Waals surface area contributed by atoms with E-state index in [1.165, 1.54) is 11.3 Å². The Balaban J connectivity index is 2.20. The van der Waals surface area contributed by atoms with E-state index in [-0.39, 0.29) is 0 Å². The van der Waals surface area contributed by atoms with Gasteiger partial charge in [-0.05, 0) is 18.6 Å². The van der Waals surface area contributed by atoms with Gasteiger partial charge in [0.15, 0.2) is 0 Å². The number of hydrogen-bond donors (Lipinski definition) is 1. The molecule has 0 aliphatic rings. The fourth-order valence-corrected chi connectivity index (χ4v) is 2.37. The van der Waals surface area contributed by atoms with Crippen LogP contribution >= 0.6 is 11.3 Å². The maximum Gasteiger partial charge on any atom is 0.122 e. The van der Waals surface area contributed by atoms with Crippen LogP contribution in [0.2, 0.25) is 0 Å². The Morgan fingerprint density at radius 1 is 1.47 bits per heavy atom. The summed E-state index contributed by atoms with van der Waals surface area (Å²) in [4.78, 5) is 4.86. The number of ether oxygens (including phenoxy) is 1. The van der Waals surface area contributed by atoms with Crippen molar-refractivity contribution in [2.24, 2.45) is 0 Å². The van der Waals surface area contributed by atoms with Gasteiger partial charge in [-0.2, -0.15) is 0 Å². The third kappa shape index (κ3) is 2.84. The summed E-state index contributed by atoms with van der Waals surface area (Å²) in [6.07, 6.45) is 1.74. The van der Waals surface area contributed by atoms with Crippen LogP contribution in [0.4, 0.5) is 0 Å². The second-order valence-electron chi connectivity index (χ2n) is 3.94. The minimum Gasteiger partial charge on any atom is -0.496 e. The summed E-state index contributed by atoms with van der Waals surface area (Å²) in [5.41, 5.74) is 3.91. The molecule has 1 aromatic carbocycles. The van der Waals surface area contributed by atoms with E-state index in [2.05, 4.69) is 4.98 Å². The maximum atomic E-state index is 10.1. The van der Waals surface area contributed by atoms with Crippen molar-refractivity contribution in [2.45, 2.75) is 19.4 Å². The van der Waals surface area contributed by atoms with Crippen molar-refractivity contribution >= 4 is 11.3 Å². The van der Waals surface area contributed by atoms with Crippen molar-refractivity contribution in [1.82, 2.24) is 4.98 Å². The molecular weight excluding hydrogens is 234 g/mol. The molecule has 1 atom stereocenters. The summed E-state index contributed by atoms with van der Waals surface area (Å²) >= 11 is 1.47. The van der Waals surface area contributed by atoms with Crippen LogP contribution in [0.25, 0.3) is 0 Å². The fraction of sp³-hybridized carbons (Fsp3) is 0.308. The molecule has 90 valence electrons. The molecule has 1 aromatic heterocycles. The van der Waals surface area contributed by atoms with Gasteiger partial charge in [0.05, 0.1) is 23.6 Å². The highest BCUT2D eigenvalue weighted by molar-refractivity contribution is 7.09. The van der Waals surface area contributed by atoms with Gasteiger partial charge in [0.2, 0.25) is 0 Å². The second kappa shape index (κ2) is 5.29. The first-order valence-electron chi connectivity index (χ1n) is 5.40. The zero-order chi connectivity index (χ0) is 12.3. The van der Waals surface area contributed by atoms with Crippen LogP contribution in [0.5, 0.6) is 5.75 Å². The van der Waals surface area contributed by atoms with Crippen LogP contribution in [-0.4, -0.2) is 17.2 Å². The monoisotopic (exact) mass is 249 g/mol. The number of aromatic nitrogens is 1. The molecule has 0 spiro atoms. The molecule has 0 aliphatic carbocycles. The van der Waals surface area contributed by atoms with Gasteiger partial charge >= 0.3 is 0 Å². The zero-order valence-corrected chi connectivity index (χ0v) is 10.7. The number of nitrogens with zero attached hydrogens (tertiary/aromatic N) is 1. The van der Waals surface area contributed by atoms with E-state index in [0.717, 1.165) is 21.8 Å². The molecule has 0 radical (unpaired) electrons. The highest BCUT2D eigenvalue weighted by Gasteiger charge is 2.13. The van der Waals surface area contributed by atoms with E-state index in [9.17, 15) is 5.11 Å². The predicted molar refractivity (Wildman–Crippen MR) is 68.5 cm³/mol. The number of rotatable bonds is 4. The van der Waals surface area contributed by atoms with Crippen molar-refractivity contribution in [2.75, 3.05) is 7.11 Å². The predicted octanol–water partition coefficient (Wildman–Crippen LogP) is 2.74. The molecule has 0 aliphatic heterocycles. The number of benzene rings is 1. The summed E-state index contributed by atoms with van der Waals surface area (Å²) in [5, 5.41) is 10.1. The average Bonchev–Trinajstić information content (AvgIpc) is 2.83. The Kier molecular flexibility index (Phi) is 3.76. The van der Waals surface area contributed by atoms with Gasteiger partial charge in [-0.3, -0.25) is 4.98 Å². The van der Waals surface area contributed by atoms with E-state index in [1.54, 1.807) is 18.8 Å². The molecule has 0 bridgehead atoms. The van der Waals surface area contributed by atoms with Crippen molar-refractivity contribution in [3.63, 3.8) is 0 Å². The molecule has 1 heterocycles. The van der Waals surface area contributed by atoms with Crippen molar-refractivity contribution < 1.29 is 9.84 Å². The van der Waals surface area contributed by atoms with Gasteiger partial charge in [-0.1, -0.05) is 17.7 Å². The van der Waals surface area contributed by atoms with Gasteiger partial charge in [0.1, 0.15) is 5.75 Å². The van der Waals surface area contributed by atoms with Gasteiger partial charge in [0, 0.05) is 12.6 Å². The first-order chi connectivity index (χ1) is 8.20. The summed E-state index contributed by atoms with van der Waals surface area (Å²) in [7, 11) is 1.65. The van der Waals surface area contributed by atoms with Crippen LogP contribution < -0.4 is 4.74 Å². The Hall–Kier alpha value is -1.39. The smallest absolute Gasteiger partial charge is 0.122 e.